The SMILES string of the molecule is O=C(O)c1ccc2ncccc2c1S(=O)(=O)NC(CCc1cccc(F)c1)c1ccccc1. The fraction of sp³-hybridized carbons (Fsp3) is 0.120. The van der Waals surface area contributed by atoms with Gasteiger partial charge in [0.2, 0.25) is 10.0 Å². The molecule has 2 N–H and O–H groups in total. The number of carboxylic acids is 1. The van der Waals surface area contributed by atoms with Crippen molar-refractivity contribution < 1.29 is 22.7 Å². The highest BCUT2D eigenvalue weighted by Crippen LogP contribution is 2.29. The lowest BCUT2D eigenvalue weighted by Gasteiger charge is -2.21. The van der Waals surface area contributed by atoms with E-state index in [2.05, 4.69) is 9.71 Å². The van der Waals surface area contributed by atoms with Crippen molar-refractivity contribution in [2.45, 2.75) is 23.8 Å². The third kappa shape index (κ3) is 5.08. The third-order valence-corrected chi connectivity index (χ3v) is 6.92. The van der Waals surface area contributed by atoms with E-state index in [-0.39, 0.29) is 21.7 Å². The van der Waals surface area contributed by atoms with Gasteiger partial charge in [-0.3, -0.25) is 4.98 Å². The zero-order chi connectivity index (χ0) is 23.4. The Balaban J connectivity index is 1.74. The average Bonchev–Trinajstić information content (AvgIpc) is 2.81. The van der Waals surface area contributed by atoms with Gasteiger partial charge in [0.15, 0.2) is 0 Å². The number of rotatable bonds is 8. The van der Waals surface area contributed by atoms with E-state index >= 15 is 0 Å². The smallest absolute Gasteiger partial charge is 0.337 e. The maximum absolute atomic E-state index is 13.6. The molecule has 0 aliphatic heterocycles. The normalized spacial score (nSPS) is 12.5. The van der Waals surface area contributed by atoms with Gasteiger partial charge >= 0.3 is 5.97 Å². The van der Waals surface area contributed by atoms with Crippen molar-refractivity contribution in [3.8, 4) is 0 Å². The van der Waals surface area contributed by atoms with E-state index < -0.39 is 22.0 Å². The molecule has 33 heavy (non-hydrogen) atoms. The molecule has 0 radical (unpaired) electrons. The van der Waals surface area contributed by atoms with Crippen LogP contribution in [0.4, 0.5) is 4.39 Å². The second-order valence-electron chi connectivity index (χ2n) is 7.57. The van der Waals surface area contributed by atoms with Gasteiger partial charge in [0.1, 0.15) is 10.7 Å². The van der Waals surface area contributed by atoms with E-state index in [9.17, 15) is 22.7 Å². The summed E-state index contributed by atoms with van der Waals surface area (Å²) in [5.41, 5.74) is 1.49. The van der Waals surface area contributed by atoms with E-state index in [0.717, 1.165) is 5.56 Å². The lowest BCUT2D eigenvalue weighted by molar-refractivity contribution is 0.0693. The lowest BCUT2D eigenvalue weighted by atomic mass is 10.00. The molecule has 0 saturated heterocycles. The van der Waals surface area contributed by atoms with Crippen LogP contribution in [-0.4, -0.2) is 24.5 Å². The molecule has 4 rings (SSSR count). The first-order chi connectivity index (χ1) is 15.8. The molecular formula is C25H21FN2O4S. The van der Waals surface area contributed by atoms with Gasteiger partial charge in [-0.2, -0.15) is 0 Å². The lowest BCUT2D eigenvalue weighted by Crippen LogP contribution is -2.30. The Morgan fingerprint density at radius 2 is 1.79 bits per heavy atom. The van der Waals surface area contributed by atoms with E-state index in [4.69, 9.17) is 0 Å². The molecule has 0 aliphatic carbocycles. The number of fused-ring (bicyclic) bond motifs is 1. The molecule has 6 nitrogen and oxygen atoms in total. The molecule has 4 aromatic rings. The van der Waals surface area contributed by atoms with Crippen LogP contribution in [-0.2, 0) is 16.4 Å². The van der Waals surface area contributed by atoms with Crippen LogP contribution in [0.25, 0.3) is 10.9 Å². The fourth-order valence-electron chi connectivity index (χ4n) is 3.81. The Bertz CT molecular complexity index is 1410. The molecule has 0 spiro atoms. The van der Waals surface area contributed by atoms with Gasteiger partial charge in [-0.1, -0.05) is 42.5 Å². The van der Waals surface area contributed by atoms with Crippen LogP contribution in [0.3, 0.4) is 0 Å². The van der Waals surface area contributed by atoms with Crippen LogP contribution in [0.5, 0.6) is 0 Å². The van der Waals surface area contributed by atoms with Crippen LogP contribution in [0, 0.1) is 5.82 Å². The van der Waals surface area contributed by atoms with Crippen LogP contribution in [0.2, 0.25) is 0 Å². The van der Waals surface area contributed by atoms with Crippen molar-refractivity contribution in [1.82, 2.24) is 9.71 Å². The van der Waals surface area contributed by atoms with Crippen molar-refractivity contribution in [3.05, 3.63) is 108 Å². The number of aromatic carboxylic acids is 1. The topological polar surface area (TPSA) is 96.4 Å². The number of hydrogen-bond acceptors (Lipinski definition) is 4. The Hall–Kier alpha value is -3.62. The minimum Gasteiger partial charge on any atom is -0.478 e. The van der Waals surface area contributed by atoms with E-state index in [0.29, 0.717) is 23.9 Å². The number of aromatic nitrogens is 1. The minimum atomic E-state index is -4.27. The summed E-state index contributed by atoms with van der Waals surface area (Å²) < 4.78 is 43.4. The number of aryl methyl sites for hydroxylation is 1. The molecule has 1 atom stereocenters. The summed E-state index contributed by atoms with van der Waals surface area (Å²) in [5.74, 6) is -1.71. The van der Waals surface area contributed by atoms with Crippen LogP contribution < -0.4 is 4.72 Å². The fourth-order valence-corrected chi connectivity index (χ4v) is 5.47. The number of hydrogen-bond donors (Lipinski definition) is 2. The Morgan fingerprint density at radius 3 is 2.52 bits per heavy atom. The van der Waals surface area contributed by atoms with Gasteiger partial charge in [-0.05, 0) is 60.4 Å². The maximum atomic E-state index is 13.6. The zero-order valence-electron chi connectivity index (χ0n) is 17.5. The van der Waals surface area contributed by atoms with E-state index in [1.807, 2.05) is 6.07 Å². The first-order valence-corrected chi connectivity index (χ1v) is 11.8. The highest BCUT2D eigenvalue weighted by atomic mass is 32.2. The quantitative estimate of drug-likeness (QED) is 0.393. The number of carboxylic acid groups (broad SMARTS) is 1. The van der Waals surface area contributed by atoms with Crippen molar-refractivity contribution in [2.24, 2.45) is 0 Å². The summed E-state index contributed by atoms with van der Waals surface area (Å²) in [7, 11) is -4.27. The molecule has 0 fully saturated rings. The second kappa shape index (κ2) is 9.48. The molecule has 168 valence electrons. The monoisotopic (exact) mass is 464 g/mol. The second-order valence-corrected chi connectivity index (χ2v) is 9.22. The predicted octanol–water partition coefficient (Wildman–Crippen LogP) is 4.72. The molecular weight excluding hydrogens is 443 g/mol. The van der Waals surface area contributed by atoms with Gasteiger partial charge in [-0.15, -0.1) is 0 Å². The Kier molecular flexibility index (Phi) is 6.48. The van der Waals surface area contributed by atoms with Crippen LogP contribution in [0.15, 0.2) is 90.0 Å². The average molecular weight is 465 g/mol. The van der Waals surface area contributed by atoms with E-state index in [1.54, 1.807) is 42.5 Å². The summed E-state index contributed by atoms with van der Waals surface area (Å²) in [5, 5.41) is 9.89. The first-order valence-electron chi connectivity index (χ1n) is 10.3. The number of benzene rings is 3. The number of halogens is 1. The van der Waals surface area contributed by atoms with Crippen molar-refractivity contribution in [1.29, 1.82) is 0 Å². The molecule has 1 aromatic heterocycles. The largest absolute Gasteiger partial charge is 0.478 e. The molecule has 3 aromatic carbocycles. The van der Waals surface area contributed by atoms with Gasteiger partial charge in [0.25, 0.3) is 0 Å². The van der Waals surface area contributed by atoms with Crippen molar-refractivity contribution in [3.63, 3.8) is 0 Å². The molecule has 0 amide bonds. The van der Waals surface area contributed by atoms with Crippen molar-refractivity contribution >= 4 is 26.9 Å². The zero-order valence-corrected chi connectivity index (χ0v) is 18.3. The number of nitrogens with zero attached hydrogens (tertiary/aromatic N) is 1. The number of pyridine rings is 1. The van der Waals surface area contributed by atoms with Crippen molar-refractivity contribution in [2.75, 3.05) is 0 Å². The molecule has 8 heteroatoms. The van der Waals surface area contributed by atoms with Crippen LogP contribution in [0.1, 0.15) is 33.9 Å². The Morgan fingerprint density at radius 1 is 1.00 bits per heavy atom. The molecule has 0 aliphatic rings. The minimum absolute atomic E-state index is 0.224. The van der Waals surface area contributed by atoms with Gasteiger partial charge in [-0.25, -0.2) is 22.3 Å². The van der Waals surface area contributed by atoms with E-state index in [1.165, 1.54) is 36.5 Å². The number of sulfonamides is 1. The molecule has 1 heterocycles. The number of nitrogens with one attached hydrogen (secondary N) is 1. The van der Waals surface area contributed by atoms with Gasteiger partial charge in [0.05, 0.1) is 11.1 Å². The number of carbonyl (C=O) groups is 1. The summed E-state index contributed by atoms with van der Waals surface area (Å²) in [6, 6.07) is 20.3. The summed E-state index contributed by atoms with van der Waals surface area (Å²) in [6.07, 6.45) is 2.28. The summed E-state index contributed by atoms with van der Waals surface area (Å²) in [6.45, 7) is 0. The standard InChI is InChI=1S/C25H21FN2O4S/c26-19-9-4-6-17(16-19)11-13-22(18-7-2-1-3-8-18)28-33(31,32)24-20-10-5-15-27-23(20)14-12-21(24)25(29)30/h1-10,12,14-16,22,28H,11,13H2,(H,29,30). The van der Waals surface area contributed by atoms with Gasteiger partial charge < -0.3 is 5.11 Å². The van der Waals surface area contributed by atoms with Gasteiger partial charge in [0, 0.05) is 17.6 Å². The summed E-state index contributed by atoms with van der Waals surface area (Å²) in [4.78, 5) is 15.7. The van der Waals surface area contributed by atoms with Crippen LogP contribution >= 0.6 is 0 Å². The molecule has 0 saturated carbocycles. The Labute approximate surface area is 190 Å². The maximum Gasteiger partial charge on any atom is 0.337 e. The molecule has 1 unspecified atom stereocenters. The summed E-state index contributed by atoms with van der Waals surface area (Å²) >= 11 is 0. The highest BCUT2D eigenvalue weighted by molar-refractivity contribution is 7.89. The first kappa shape index (κ1) is 22.6. The third-order valence-electron chi connectivity index (χ3n) is 5.34. The highest BCUT2D eigenvalue weighted by Gasteiger charge is 2.28. The predicted molar refractivity (Wildman–Crippen MR) is 123 cm³/mol. The molecule has 0 bridgehead atoms.